The lowest BCUT2D eigenvalue weighted by Crippen LogP contribution is -2.00. The van der Waals surface area contributed by atoms with E-state index in [-0.39, 0.29) is 0 Å². The lowest BCUT2D eigenvalue weighted by molar-refractivity contribution is 1.33. The molecule has 0 unspecified atom stereocenters. The summed E-state index contributed by atoms with van der Waals surface area (Å²) in [6.45, 7) is 0. The highest BCUT2D eigenvalue weighted by molar-refractivity contribution is 7.99. The van der Waals surface area contributed by atoms with Crippen LogP contribution in [-0.2, 0) is 0 Å². The summed E-state index contributed by atoms with van der Waals surface area (Å²) in [7, 11) is 0. The van der Waals surface area contributed by atoms with Crippen LogP contribution in [0.1, 0.15) is 0 Å². The molecule has 19 heavy (non-hydrogen) atoms. The highest BCUT2D eigenvalue weighted by Gasteiger charge is 2.16. The maximum atomic E-state index is 5.85. The fourth-order valence-electron chi connectivity index (χ4n) is 2.39. The predicted molar refractivity (Wildman–Crippen MR) is 82.2 cm³/mol. The first-order valence-electron chi connectivity index (χ1n) is 6.17. The quantitative estimate of drug-likeness (QED) is 0.455. The smallest absolute Gasteiger partial charge is 0.0532 e. The van der Waals surface area contributed by atoms with E-state index in [1.165, 1.54) is 26.3 Å². The SMILES string of the molecule is Nc1ccc2c(c1)Sc1cc3ccccc3cc1N2. The first kappa shape index (κ1) is 10.8. The summed E-state index contributed by atoms with van der Waals surface area (Å²) < 4.78 is 0. The molecule has 0 saturated carbocycles. The standard InChI is InChI=1S/C16H12N2S/c17-12-5-6-13-16(9-12)19-15-8-11-4-2-1-3-10(11)7-14(15)18-13/h1-9,18H,17H2. The Hall–Kier alpha value is -2.13. The zero-order chi connectivity index (χ0) is 12.8. The fraction of sp³-hybridized carbons (Fsp3) is 0. The van der Waals surface area contributed by atoms with Crippen molar-refractivity contribution in [1.82, 2.24) is 0 Å². The molecule has 0 aromatic heterocycles. The predicted octanol–water partition coefficient (Wildman–Crippen LogP) is 4.63. The number of nitrogens with two attached hydrogens (primary N) is 1. The van der Waals surface area contributed by atoms with E-state index in [0.717, 1.165) is 11.4 Å². The van der Waals surface area contributed by atoms with Gasteiger partial charge in [-0.05, 0) is 41.1 Å². The molecule has 0 aliphatic carbocycles. The molecule has 0 radical (unpaired) electrons. The van der Waals surface area contributed by atoms with Gasteiger partial charge in [-0.25, -0.2) is 0 Å². The number of hydrogen-bond acceptors (Lipinski definition) is 3. The molecular formula is C16H12N2S. The van der Waals surface area contributed by atoms with Gasteiger partial charge in [0.2, 0.25) is 0 Å². The number of rotatable bonds is 0. The van der Waals surface area contributed by atoms with Gasteiger partial charge in [-0.3, -0.25) is 0 Å². The van der Waals surface area contributed by atoms with Crippen molar-refractivity contribution < 1.29 is 0 Å². The first-order chi connectivity index (χ1) is 9.29. The molecule has 0 amide bonds. The average molecular weight is 264 g/mol. The second-order valence-electron chi connectivity index (χ2n) is 4.68. The lowest BCUT2D eigenvalue weighted by atomic mass is 10.1. The molecule has 1 aliphatic rings. The van der Waals surface area contributed by atoms with Crippen molar-refractivity contribution in [3.63, 3.8) is 0 Å². The van der Waals surface area contributed by atoms with Crippen molar-refractivity contribution in [2.45, 2.75) is 9.79 Å². The maximum Gasteiger partial charge on any atom is 0.0532 e. The van der Waals surface area contributed by atoms with E-state index in [4.69, 9.17) is 5.73 Å². The maximum absolute atomic E-state index is 5.85. The zero-order valence-corrected chi connectivity index (χ0v) is 11.0. The topological polar surface area (TPSA) is 38.0 Å². The van der Waals surface area contributed by atoms with E-state index < -0.39 is 0 Å². The Balaban J connectivity index is 1.90. The second-order valence-corrected chi connectivity index (χ2v) is 5.76. The van der Waals surface area contributed by atoms with Gasteiger partial charge in [0.1, 0.15) is 0 Å². The van der Waals surface area contributed by atoms with Crippen molar-refractivity contribution in [2.75, 3.05) is 11.1 Å². The van der Waals surface area contributed by atoms with Crippen LogP contribution in [0.15, 0.2) is 64.4 Å². The van der Waals surface area contributed by atoms with Crippen molar-refractivity contribution in [3.05, 3.63) is 54.6 Å². The van der Waals surface area contributed by atoms with E-state index in [9.17, 15) is 0 Å². The molecule has 3 aromatic carbocycles. The number of anilines is 3. The van der Waals surface area contributed by atoms with E-state index >= 15 is 0 Å². The monoisotopic (exact) mass is 264 g/mol. The van der Waals surface area contributed by atoms with Gasteiger partial charge < -0.3 is 11.1 Å². The van der Waals surface area contributed by atoms with Crippen LogP contribution in [0.4, 0.5) is 17.1 Å². The summed E-state index contributed by atoms with van der Waals surface area (Å²) in [5.41, 5.74) is 8.95. The van der Waals surface area contributed by atoms with Crippen molar-refractivity contribution in [3.8, 4) is 0 Å². The highest BCUT2D eigenvalue weighted by atomic mass is 32.2. The van der Waals surface area contributed by atoms with Gasteiger partial charge in [0.15, 0.2) is 0 Å². The van der Waals surface area contributed by atoms with Gasteiger partial charge in [0.25, 0.3) is 0 Å². The van der Waals surface area contributed by atoms with E-state index in [1.807, 2.05) is 18.2 Å². The summed E-state index contributed by atoms with van der Waals surface area (Å²) in [4.78, 5) is 2.43. The number of fused-ring (bicyclic) bond motifs is 3. The van der Waals surface area contributed by atoms with Gasteiger partial charge >= 0.3 is 0 Å². The molecule has 0 bridgehead atoms. The van der Waals surface area contributed by atoms with Crippen LogP contribution in [-0.4, -0.2) is 0 Å². The Labute approximate surface area is 115 Å². The Morgan fingerprint density at radius 1 is 0.789 bits per heavy atom. The van der Waals surface area contributed by atoms with Crippen molar-refractivity contribution in [2.24, 2.45) is 0 Å². The lowest BCUT2D eigenvalue weighted by Gasteiger charge is -2.21. The van der Waals surface area contributed by atoms with Crippen LogP contribution in [0, 0.1) is 0 Å². The third-order valence-electron chi connectivity index (χ3n) is 3.34. The molecule has 0 spiro atoms. The van der Waals surface area contributed by atoms with Crippen molar-refractivity contribution in [1.29, 1.82) is 0 Å². The van der Waals surface area contributed by atoms with Crippen LogP contribution in [0.2, 0.25) is 0 Å². The fourth-order valence-corrected chi connectivity index (χ4v) is 3.46. The second kappa shape index (κ2) is 3.93. The highest BCUT2D eigenvalue weighted by Crippen LogP contribution is 2.46. The number of hydrogen-bond donors (Lipinski definition) is 2. The van der Waals surface area contributed by atoms with Crippen LogP contribution in [0.5, 0.6) is 0 Å². The van der Waals surface area contributed by atoms with Crippen LogP contribution in [0.25, 0.3) is 10.8 Å². The zero-order valence-electron chi connectivity index (χ0n) is 10.2. The van der Waals surface area contributed by atoms with Crippen LogP contribution >= 0.6 is 11.8 Å². The van der Waals surface area contributed by atoms with E-state index in [2.05, 4.69) is 41.7 Å². The van der Waals surface area contributed by atoms with E-state index in [0.29, 0.717) is 0 Å². The minimum absolute atomic E-state index is 0.803. The summed E-state index contributed by atoms with van der Waals surface area (Å²) in [6, 6.07) is 18.8. The average Bonchev–Trinajstić information content (AvgIpc) is 2.43. The third-order valence-corrected chi connectivity index (χ3v) is 4.46. The summed E-state index contributed by atoms with van der Waals surface area (Å²) in [5, 5.41) is 6.01. The van der Waals surface area contributed by atoms with Crippen molar-refractivity contribution >= 4 is 39.6 Å². The normalized spacial score (nSPS) is 12.6. The summed E-state index contributed by atoms with van der Waals surface area (Å²) >= 11 is 1.77. The Morgan fingerprint density at radius 2 is 1.53 bits per heavy atom. The van der Waals surface area contributed by atoms with Gasteiger partial charge in [0.05, 0.1) is 11.4 Å². The molecule has 0 saturated heterocycles. The Morgan fingerprint density at radius 3 is 2.37 bits per heavy atom. The van der Waals surface area contributed by atoms with Gasteiger partial charge in [0, 0.05) is 15.5 Å². The minimum Gasteiger partial charge on any atom is -0.399 e. The summed E-state index contributed by atoms with van der Waals surface area (Å²) in [6.07, 6.45) is 0. The molecule has 1 aliphatic heterocycles. The number of nitrogens with one attached hydrogen (secondary N) is 1. The molecule has 0 fully saturated rings. The van der Waals surface area contributed by atoms with E-state index in [1.54, 1.807) is 11.8 Å². The molecule has 1 heterocycles. The molecule has 92 valence electrons. The largest absolute Gasteiger partial charge is 0.399 e. The summed E-state index contributed by atoms with van der Waals surface area (Å²) in [5.74, 6) is 0. The third kappa shape index (κ3) is 1.74. The van der Waals surface area contributed by atoms with Crippen LogP contribution < -0.4 is 11.1 Å². The molecule has 3 heteroatoms. The van der Waals surface area contributed by atoms with Gasteiger partial charge in [-0.15, -0.1) is 0 Å². The van der Waals surface area contributed by atoms with Gasteiger partial charge in [-0.1, -0.05) is 36.0 Å². The molecule has 3 aromatic rings. The first-order valence-corrected chi connectivity index (χ1v) is 6.98. The van der Waals surface area contributed by atoms with Crippen LogP contribution in [0.3, 0.4) is 0 Å². The molecule has 4 rings (SSSR count). The minimum atomic E-state index is 0.803. The Kier molecular flexibility index (Phi) is 2.23. The molecule has 3 N–H and O–H groups in total. The molecule has 0 atom stereocenters. The number of benzene rings is 3. The number of nitrogen functional groups attached to an aromatic ring is 1. The van der Waals surface area contributed by atoms with Gasteiger partial charge in [-0.2, -0.15) is 0 Å². The molecule has 2 nitrogen and oxygen atoms in total. The molecular weight excluding hydrogens is 252 g/mol. The Bertz CT molecular complexity index is 796.